The van der Waals surface area contributed by atoms with E-state index >= 15 is 0 Å². The van der Waals surface area contributed by atoms with Crippen molar-refractivity contribution in [1.29, 1.82) is 0 Å². The molecule has 3 heteroatoms. The van der Waals surface area contributed by atoms with Gasteiger partial charge in [0, 0.05) is 5.33 Å². The van der Waals surface area contributed by atoms with Crippen molar-refractivity contribution in [2.45, 2.75) is 12.3 Å². The molecular weight excluding hydrogens is 304 g/mol. The van der Waals surface area contributed by atoms with Crippen LogP contribution in [-0.2, 0) is 10.1 Å². The molecule has 98 valence electrons. The number of ether oxygens (including phenoxy) is 1. The lowest BCUT2D eigenvalue weighted by Crippen LogP contribution is -2.04. The maximum atomic E-state index is 11.8. The third-order valence-electron chi connectivity index (χ3n) is 2.85. The van der Waals surface area contributed by atoms with Crippen LogP contribution >= 0.6 is 15.9 Å². The van der Waals surface area contributed by atoms with E-state index < -0.39 is 0 Å². The van der Waals surface area contributed by atoms with Gasteiger partial charge in [-0.15, -0.1) is 0 Å². The number of hydrogen-bond donors (Lipinski definition) is 0. The first-order chi connectivity index (χ1) is 9.26. The zero-order chi connectivity index (χ0) is 13.7. The molecule has 0 spiro atoms. The number of carbonyl (C=O) groups is 1. The summed E-state index contributed by atoms with van der Waals surface area (Å²) in [5.41, 5.74) is 3.94. The van der Waals surface area contributed by atoms with Crippen LogP contribution in [0.2, 0.25) is 0 Å². The maximum Gasteiger partial charge on any atom is 0.338 e. The second-order valence-corrected chi connectivity index (χ2v) is 4.65. The minimum absolute atomic E-state index is 0.277. The summed E-state index contributed by atoms with van der Waals surface area (Å²) < 4.78 is 5.03. The number of esters is 1. The third kappa shape index (κ3) is 3.24. The van der Waals surface area contributed by atoms with E-state index in [0.29, 0.717) is 12.2 Å². The Bertz CT molecular complexity index is 578. The number of alkyl halides is 1. The summed E-state index contributed by atoms with van der Waals surface area (Å²) in [5.74, 6) is -0.277. The van der Waals surface area contributed by atoms with Crippen molar-refractivity contribution in [3.05, 3.63) is 59.7 Å². The van der Waals surface area contributed by atoms with Gasteiger partial charge >= 0.3 is 5.97 Å². The topological polar surface area (TPSA) is 26.3 Å². The van der Waals surface area contributed by atoms with E-state index in [0.717, 1.165) is 16.5 Å². The van der Waals surface area contributed by atoms with Gasteiger partial charge in [0.05, 0.1) is 12.2 Å². The van der Waals surface area contributed by atoms with Gasteiger partial charge in [-0.2, -0.15) is 0 Å². The van der Waals surface area contributed by atoms with Crippen LogP contribution in [0.1, 0.15) is 22.8 Å². The lowest BCUT2D eigenvalue weighted by molar-refractivity contribution is 0.0526. The van der Waals surface area contributed by atoms with Gasteiger partial charge in [-0.1, -0.05) is 52.3 Å². The predicted molar refractivity (Wildman–Crippen MR) is 80.5 cm³/mol. The molecule has 2 nitrogen and oxygen atoms in total. The van der Waals surface area contributed by atoms with E-state index in [1.807, 2.05) is 37.3 Å². The van der Waals surface area contributed by atoms with Crippen molar-refractivity contribution in [2.75, 3.05) is 6.61 Å². The Hall–Kier alpha value is -1.61. The molecule has 2 aromatic carbocycles. The summed E-state index contributed by atoms with van der Waals surface area (Å²) in [7, 11) is 0. The van der Waals surface area contributed by atoms with E-state index in [1.165, 1.54) is 5.56 Å². The van der Waals surface area contributed by atoms with Crippen LogP contribution in [0.3, 0.4) is 0 Å². The Kier molecular flexibility index (Phi) is 4.74. The molecule has 19 heavy (non-hydrogen) atoms. The number of hydrogen-bond acceptors (Lipinski definition) is 2. The lowest BCUT2D eigenvalue weighted by Gasteiger charge is -2.09. The average molecular weight is 319 g/mol. The molecule has 0 aliphatic rings. The van der Waals surface area contributed by atoms with Gasteiger partial charge in [0.15, 0.2) is 0 Å². The van der Waals surface area contributed by atoms with Gasteiger partial charge in [-0.3, -0.25) is 0 Å². The summed E-state index contributed by atoms with van der Waals surface area (Å²) in [5, 5.41) is 0.785. The minimum atomic E-state index is -0.277. The summed E-state index contributed by atoms with van der Waals surface area (Å²) >= 11 is 3.49. The van der Waals surface area contributed by atoms with E-state index in [2.05, 4.69) is 28.1 Å². The number of halogens is 1. The molecule has 0 fully saturated rings. The van der Waals surface area contributed by atoms with E-state index in [-0.39, 0.29) is 5.97 Å². The molecule has 0 aliphatic carbocycles. The Morgan fingerprint density at radius 1 is 1.16 bits per heavy atom. The van der Waals surface area contributed by atoms with Crippen LogP contribution in [0.5, 0.6) is 0 Å². The predicted octanol–water partition coefficient (Wildman–Crippen LogP) is 4.43. The number of carbonyl (C=O) groups excluding carboxylic acids is 1. The first kappa shape index (κ1) is 13.8. The molecule has 0 unspecified atom stereocenters. The van der Waals surface area contributed by atoms with Crippen molar-refractivity contribution >= 4 is 21.9 Å². The van der Waals surface area contributed by atoms with E-state index in [4.69, 9.17) is 4.74 Å². The van der Waals surface area contributed by atoms with Crippen LogP contribution in [-0.4, -0.2) is 12.6 Å². The first-order valence-corrected chi connectivity index (χ1v) is 7.30. The Morgan fingerprint density at radius 3 is 2.68 bits per heavy atom. The molecule has 0 saturated carbocycles. The van der Waals surface area contributed by atoms with Crippen LogP contribution in [0, 0.1) is 0 Å². The Labute approximate surface area is 121 Å². The van der Waals surface area contributed by atoms with Crippen LogP contribution in [0.4, 0.5) is 0 Å². The van der Waals surface area contributed by atoms with Crippen molar-refractivity contribution in [1.82, 2.24) is 0 Å². The highest BCUT2D eigenvalue weighted by Crippen LogP contribution is 2.26. The molecule has 0 N–H and O–H groups in total. The molecule has 2 aromatic rings. The largest absolute Gasteiger partial charge is 0.462 e. The Balaban J connectivity index is 2.40. The number of benzene rings is 2. The zero-order valence-corrected chi connectivity index (χ0v) is 12.3. The highest BCUT2D eigenvalue weighted by Gasteiger charge is 2.09. The average Bonchev–Trinajstić information content (AvgIpc) is 2.47. The highest BCUT2D eigenvalue weighted by atomic mass is 79.9. The molecule has 2 rings (SSSR count). The SMILES string of the molecule is CCOC(=O)c1cccc(-c2ccccc2CBr)c1. The van der Waals surface area contributed by atoms with Gasteiger partial charge in [-0.05, 0) is 35.7 Å². The van der Waals surface area contributed by atoms with Gasteiger partial charge < -0.3 is 4.74 Å². The summed E-state index contributed by atoms with van der Waals surface area (Å²) in [6.07, 6.45) is 0. The molecule has 0 amide bonds. The molecule has 0 atom stereocenters. The molecular formula is C16H15BrO2. The van der Waals surface area contributed by atoms with Crippen molar-refractivity contribution in [3.63, 3.8) is 0 Å². The summed E-state index contributed by atoms with van der Waals surface area (Å²) in [4.78, 5) is 11.8. The van der Waals surface area contributed by atoms with Crippen molar-refractivity contribution in [2.24, 2.45) is 0 Å². The van der Waals surface area contributed by atoms with Crippen LogP contribution in [0.25, 0.3) is 11.1 Å². The van der Waals surface area contributed by atoms with Crippen LogP contribution in [0.15, 0.2) is 48.5 Å². The van der Waals surface area contributed by atoms with Crippen molar-refractivity contribution < 1.29 is 9.53 Å². The quantitative estimate of drug-likeness (QED) is 0.616. The molecule has 0 aliphatic heterocycles. The fourth-order valence-corrected chi connectivity index (χ4v) is 2.44. The molecule has 0 saturated heterocycles. The fraction of sp³-hybridized carbons (Fsp3) is 0.188. The van der Waals surface area contributed by atoms with Gasteiger partial charge in [-0.25, -0.2) is 4.79 Å². The Morgan fingerprint density at radius 2 is 1.95 bits per heavy atom. The number of rotatable bonds is 4. The molecule has 0 radical (unpaired) electrons. The summed E-state index contributed by atoms with van der Waals surface area (Å²) in [6.45, 7) is 2.20. The van der Waals surface area contributed by atoms with Gasteiger partial charge in [0.1, 0.15) is 0 Å². The first-order valence-electron chi connectivity index (χ1n) is 6.17. The molecule has 0 bridgehead atoms. The van der Waals surface area contributed by atoms with Gasteiger partial charge in [0.25, 0.3) is 0 Å². The smallest absolute Gasteiger partial charge is 0.338 e. The maximum absolute atomic E-state index is 11.8. The monoisotopic (exact) mass is 318 g/mol. The normalized spacial score (nSPS) is 10.2. The minimum Gasteiger partial charge on any atom is -0.462 e. The molecule has 0 aromatic heterocycles. The lowest BCUT2D eigenvalue weighted by atomic mass is 9.99. The fourth-order valence-electron chi connectivity index (χ4n) is 1.95. The third-order valence-corrected chi connectivity index (χ3v) is 3.45. The zero-order valence-electron chi connectivity index (χ0n) is 10.7. The van der Waals surface area contributed by atoms with Crippen molar-refractivity contribution in [3.8, 4) is 11.1 Å². The highest BCUT2D eigenvalue weighted by molar-refractivity contribution is 9.08. The standard InChI is InChI=1S/C16H15BrO2/c1-2-19-16(18)13-8-5-7-12(10-13)15-9-4-3-6-14(15)11-17/h3-10H,2,11H2,1H3. The van der Waals surface area contributed by atoms with E-state index in [1.54, 1.807) is 6.07 Å². The second-order valence-electron chi connectivity index (χ2n) is 4.09. The van der Waals surface area contributed by atoms with Crippen LogP contribution < -0.4 is 0 Å². The summed E-state index contributed by atoms with van der Waals surface area (Å²) in [6, 6.07) is 15.7. The second kappa shape index (κ2) is 6.53. The van der Waals surface area contributed by atoms with Gasteiger partial charge in [0.2, 0.25) is 0 Å². The molecule has 0 heterocycles. The van der Waals surface area contributed by atoms with E-state index in [9.17, 15) is 4.79 Å².